The van der Waals surface area contributed by atoms with Crippen molar-refractivity contribution in [3.63, 3.8) is 0 Å². The van der Waals surface area contributed by atoms with Gasteiger partial charge in [-0.25, -0.2) is 0 Å². The molecular weight excluding hydrogens is 332 g/mol. The summed E-state index contributed by atoms with van der Waals surface area (Å²) in [7, 11) is 0. The van der Waals surface area contributed by atoms with Crippen molar-refractivity contribution in [1.29, 1.82) is 0 Å². The minimum Gasteiger partial charge on any atom is -0.460 e. The molecule has 3 atom stereocenters. The zero-order valence-corrected chi connectivity index (χ0v) is 14.5. The Morgan fingerprint density at radius 3 is 2.77 bits per heavy atom. The van der Waals surface area contributed by atoms with Gasteiger partial charge in [0.2, 0.25) is 5.78 Å². The second-order valence-electron chi connectivity index (χ2n) is 7.94. The van der Waals surface area contributed by atoms with Gasteiger partial charge >= 0.3 is 0 Å². The van der Waals surface area contributed by atoms with Gasteiger partial charge in [-0.05, 0) is 42.5 Å². The summed E-state index contributed by atoms with van der Waals surface area (Å²) in [4.78, 5) is 25.6. The average molecular weight is 352 g/mol. The highest BCUT2D eigenvalue weighted by Gasteiger charge is 2.48. The highest BCUT2D eigenvalue weighted by molar-refractivity contribution is 6.13. The van der Waals surface area contributed by atoms with E-state index in [0.717, 1.165) is 16.7 Å². The maximum absolute atomic E-state index is 13.1. The maximum atomic E-state index is 13.1. The predicted molar refractivity (Wildman–Crippen MR) is 92.6 cm³/mol. The number of fused-ring (bicyclic) bond motifs is 3. The largest absolute Gasteiger partial charge is 0.460 e. The van der Waals surface area contributed by atoms with Crippen molar-refractivity contribution in [3.05, 3.63) is 57.5 Å². The highest BCUT2D eigenvalue weighted by Crippen LogP contribution is 2.53. The summed E-state index contributed by atoms with van der Waals surface area (Å²) in [6.07, 6.45) is 3.17. The molecule has 1 aromatic heterocycles. The van der Waals surface area contributed by atoms with Crippen LogP contribution < -0.4 is 0 Å². The van der Waals surface area contributed by atoms with Gasteiger partial charge in [-0.15, -0.1) is 0 Å². The molecule has 2 aromatic rings. The molecule has 1 heterocycles. The minimum atomic E-state index is -0.622. The molecule has 0 amide bonds. The monoisotopic (exact) mass is 352 g/mol. The normalized spacial score (nSPS) is 29.2. The molecule has 0 spiro atoms. The number of benzene rings is 1. The smallest absolute Gasteiger partial charge is 0.228 e. The molecule has 0 saturated heterocycles. The van der Waals surface area contributed by atoms with E-state index in [2.05, 4.69) is 6.92 Å². The van der Waals surface area contributed by atoms with E-state index in [1.165, 1.54) is 6.26 Å². The number of rotatable bonds is 1. The molecule has 3 aliphatic rings. The lowest BCUT2D eigenvalue weighted by atomic mass is 9.61. The van der Waals surface area contributed by atoms with E-state index in [-0.39, 0.29) is 24.1 Å². The van der Waals surface area contributed by atoms with Gasteiger partial charge in [0.15, 0.2) is 11.5 Å². The number of Topliss-reactive ketones (excluding diaryl/α,β-unsaturated/α-hetero) is 1. The summed E-state index contributed by atoms with van der Waals surface area (Å²) in [5.41, 5.74) is 3.80. The summed E-state index contributed by atoms with van der Waals surface area (Å²) in [6, 6.07) is 3.66. The Morgan fingerprint density at radius 2 is 2.00 bits per heavy atom. The van der Waals surface area contributed by atoms with Crippen molar-refractivity contribution in [2.45, 2.75) is 50.0 Å². The Balaban J connectivity index is 1.80. The van der Waals surface area contributed by atoms with Crippen molar-refractivity contribution < 1.29 is 24.2 Å². The fourth-order valence-electron chi connectivity index (χ4n) is 5.08. The molecule has 2 unspecified atom stereocenters. The Kier molecular flexibility index (Phi) is 3.16. The second kappa shape index (κ2) is 5.15. The highest BCUT2D eigenvalue weighted by atomic mass is 16.3. The van der Waals surface area contributed by atoms with E-state index in [4.69, 9.17) is 4.42 Å². The Bertz CT molecular complexity index is 969. The number of carbonyl (C=O) groups is 2. The fraction of sp³-hybridized carbons (Fsp3) is 0.429. The van der Waals surface area contributed by atoms with Crippen LogP contribution >= 0.6 is 0 Å². The molecule has 0 bridgehead atoms. The zero-order chi connectivity index (χ0) is 18.2. The summed E-state index contributed by atoms with van der Waals surface area (Å²) in [5, 5.41) is 20.0. The Morgan fingerprint density at radius 1 is 1.19 bits per heavy atom. The van der Waals surface area contributed by atoms with Gasteiger partial charge in [0.05, 0.1) is 12.4 Å². The summed E-state index contributed by atoms with van der Waals surface area (Å²) < 4.78 is 5.59. The number of hydrogen-bond acceptors (Lipinski definition) is 5. The number of furan rings is 1. The first-order valence-corrected chi connectivity index (χ1v) is 9.13. The van der Waals surface area contributed by atoms with E-state index in [9.17, 15) is 19.8 Å². The molecule has 0 fully saturated rings. The number of hydrogen-bond donors (Lipinski definition) is 2. The molecule has 5 heteroatoms. The van der Waals surface area contributed by atoms with Crippen LogP contribution in [0.15, 0.2) is 22.8 Å². The number of carbonyl (C=O) groups excluding carboxylic acids is 2. The van der Waals surface area contributed by atoms with Gasteiger partial charge in [0.1, 0.15) is 0 Å². The van der Waals surface area contributed by atoms with E-state index in [1.54, 1.807) is 6.07 Å². The van der Waals surface area contributed by atoms with E-state index in [0.29, 0.717) is 48.1 Å². The summed E-state index contributed by atoms with van der Waals surface area (Å²) in [6.45, 7) is 2.03. The van der Waals surface area contributed by atoms with Gasteiger partial charge in [-0.3, -0.25) is 9.59 Å². The van der Waals surface area contributed by atoms with Gasteiger partial charge in [-0.1, -0.05) is 6.92 Å². The quantitative estimate of drug-likeness (QED) is 0.824. The fourth-order valence-corrected chi connectivity index (χ4v) is 5.08. The van der Waals surface area contributed by atoms with Crippen molar-refractivity contribution in [2.75, 3.05) is 6.61 Å². The molecule has 5 nitrogen and oxygen atoms in total. The van der Waals surface area contributed by atoms with Crippen molar-refractivity contribution in [2.24, 2.45) is 0 Å². The van der Waals surface area contributed by atoms with E-state index < -0.39 is 11.5 Å². The second-order valence-corrected chi connectivity index (χ2v) is 7.94. The van der Waals surface area contributed by atoms with Crippen LogP contribution in [0, 0.1) is 0 Å². The van der Waals surface area contributed by atoms with Gasteiger partial charge in [0, 0.05) is 46.6 Å². The number of aliphatic hydroxyl groups excluding tert-OH is 2. The molecular formula is C21H20O5. The lowest BCUT2D eigenvalue weighted by Gasteiger charge is -2.41. The van der Waals surface area contributed by atoms with Crippen LogP contribution in [0.3, 0.4) is 0 Å². The molecule has 0 radical (unpaired) electrons. The third kappa shape index (κ3) is 1.82. The van der Waals surface area contributed by atoms with Crippen LogP contribution in [0.1, 0.15) is 93.4 Å². The van der Waals surface area contributed by atoms with Crippen LogP contribution in [0.25, 0.3) is 0 Å². The molecule has 5 rings (SSSR count). The first kappa shape index (κ1) is 16.0. The first-order chi connectivity index (χ1) is 12.5. The molecule has 26 heavy (non-hydrogen) atoms. The average Bonchev–Trinajstić information content (AvgIpc) is 3.10. The number of aliphatic hydroxyl groups is 2. The van der Waals surface area contributed by atoms with Gasteiger partial charge in [0.25, 0.3) is 0 Å². The molecule has 1 aromatic carbocycles. The van der Waals surface area contributed by atoms with Crippen LogP contribution in [-0.4, -0.2) is 28.4 Å². The molecule has 0 aliphatic heterocycles. The third-order valence-corrected chi connectivity index (χ3v) is 6.56. The van der Waals surface area contributed by atoms with Crippen molar-refractivity contribution in [1.82, 2.24) is 0 Å². The predicted octanol–water partition coefficient (Wildman–Crippen LogP) is 3.01. The van der Waals surface area contributed by atoms with Crippen molar-refractivity contribution in [3.8, 4) is 0 Å². The lowest BCUT2D eigenvalue weighted by molar-refractivity contribution is 0.0953. The molecule has 0 saturated carbocycles. The standard InChI is InChI=1S/C21H20O5/c1-21-5-4-17(24)14-9-26-20(18(14)21)19(25)13-6-11-10(8-22)2-3-16(23)12(11)7-15(13)21/h6-7,9-10,17,22,24H,2-5,8H2,1H3/t10?,17-,21?/m1/s1. The number of ketones is 2. The Hall–Kier alpha value is -2.24. The minimum absolute atomic E-state index is 0.0349. The summed E-state index contributed by atoms with van der Waals surface area (Å²) in [5.74, 6) is 0.0506. The van der Waals surface area contributed by atoms with Crippen LogP contribution in [0.2, 0.25) is 0 Å². The van der Waals surface area contributed by atoms with Gasteiger partial charge in [-0.2, -0.15) is 0 Å². The molecule has 134 valence electrons. The maximum Gasteiger partial charge on any atom is 0.228 e. The molecule has 2 N–H and O–H groups in total. The summed E-state index contributed by atoms with van der Waals surface area (Å²) >= 11 is 0. The van der Waals surface area contributed by atoms with Crippen LogP contribution in [-0.2, 0) is 5.41 Å². The van der Waals surface area contributed by atoms with Crippen LogP contribution in [0.5, 0.6) is 0 Å². The van der Waals surface area contributed by atoms with Crippen molar-refractivity contribution >= 4 is 11.6 Å². The topological polar surface area (TPSA) is 87.7 Å². The SMILES string of the molecule is CC12CC[C@@H](O)c3coc(c31)C(=O)c1cc3c(cc12)C(=O)CCC3CO. The van der Waals surface area contributed by atoms with Crippen LogP contribution in [0.4, 0.5) is 0 Å². The first-order valence-electron chi connectivity index (χ1n) is 9.13. The molecule has 3 aliphatic carbocycles. The van der Waals surface area contributed by atoms with Gasteiger partial charge < -0.3 is 14.6 Å². The van der Waals surface area contributed by atoms with E-state index >= 15 is 0 Å². The third-order valence-electron chi connectivity index (χ3n) is 6.56. The zero-order valence-electron chi connectivity index (χ0n) is 14.5. The Labute approximate surface area is 150 Å². The lowest BCUT2D eigenvalue weighted by Crippen LogP contribution is -2.37. The van der Waals surface area contributed by atoms with E-state index in [1.807, 2.05) is 6.07 Å².